The van der Waals surface area contributed by atoms with Gasteiger partial charge in [0.2, 0.25) is 0 Å². The average Bonchev–Trinajstić information content (AvgIpc) is 2.19. The van der Waals surface area contributed by atoms with Gasteiger partial charge in [0.05, 0.1) is 0 Å². The third-order valence-electron chi connectivity index (χ3n) is 2.56. The molecule has 1 aliphatic carbocycles. The van der Waals surface area contributed by atoms with Crippen LogP contribution in [-0.2, 0) is 21.7 Å². The van der Waals surface area contributed by atoms with Crippen LogP contribution in [0, 0.1) is 11.5 Å². The molecule has 0 fully saturated rings. The predicted molar refractivity (Wildman–Crippen MR) is 70.4 cm³/mol. The minimum Gasteiger partial charge on any atom is -0.263 e. The van der Waals surface area contributed by atoms with Crippen molar-refractivity contribution in [1.82, 2.24) is 0 Å². The number of halogens is 2. The monoisotopic (exact) mass is 285 g/mol. The molecule has 90 valence electrons. The third-order valence-corrected chi connectivity index (χ3v) is 2.56. The van der Waals surface area contributed by atoms with Crippen LogP contribution in [0.4, 0.5) is 0 Å². The van der Waals surface area contributed by atoms with Crippen molar-refractivity contribution in [1.29, 1.82) is 0 Å². The number of rotatable bonds is 0. The quantitative estimate of drug-likeness (QED) is 0.435. The standard InChI is InChI=1S/C10H15.C2H6.2ClH.Ti/c1-7-6-10(4,5)9(3)8(7)2;1-2;;;/h1-5H3;1-2H3;2*1H;/q-1;;;;. The first kappa shape index (κ1) is 24.8. The Bertz CT molecular complexity index is 228. The van der Waals surface area contributed by atoms with E-state index in [4.69, 9.17) is 0 Å². The fourth-order valence-electron chi connectivity index (χ4n) is 1.41. The van der Waals surface area contributed by atoms with E-state index in [9.17, 15) is 0 Å². The zero-order valence-corrected chi connectivity index (χ0v) is 14.0. The summed E-state index contributed by atoms with van der Waals surface area (Å²) in [7, 11) is 0. The first-order valence-electron chi connectivity index (χ1n) is 4.75. The smallest absolute Gasteiger partial charge is 0 e. The van der Waals surface area contributed by atoms with Gasteiger partial charge in [0, 0.05) is 21.7 Å². The molecule has 0 aromatic rings. The second-order valence-corrected chi connectivity index (χ2v) is 3.62. The first-order chi connectivity index (χ1) is 5.45. The Kier molecular flexibility index (Phi) is 16.5. The van der Waals surface area contributed by atoms with E-state index in [1.54, 1.807) is 0 Å². The normalized spacial score (nSPS) is 16.1. The molecule has 1 aliphatic rings. The van der Waals surface area contributed by atoms with Crippen molar-refractivity contribution in [2.24, 2.45) is 5.41 Å². The van der Waals surface area contributed by atoms with Gasteiger partial charge in [-0.25, -0.2) is 5.57 Å². The van der Waals surface area contributed by atoms with Crippen molar-refractivity contribution in [3.63, 3.8) is 0 Å². The van der Waals surface area contributed by atoms with Crippen LogP contribution in [0.1, 0.15) is 48.5 Å². The van der Waals surface area contributed by atoms with Crippen LogP contribution in [0.2, 0.25) is 0 Å². The minimum absolute atomic E-state index is 0. The van der Waals surface area contributed by atoms with Gasteiger partial charge in [-0.1, -0.05) is 47.0 Å². The molecule has 0 radical (unpaired) electrons. The van der Waals surface area contributed by atoms with Crippen molar-refractivity contribution in [2.75, 3.05) is 0 Å². The van der Waals surface area contributed by atoms with E-state index in [0.29, 0.717) is 0 Å². The summed E-state index contributed by atoms with van der Waals surface area (Å²) in [5.41, 5.74) is 4.39. The molecule has 0 unspecified atom stereocenters. The van der Waals surface area contributed by atoms with Gasteiger partial charge in [-0.05, 0) is 0 Å². The topological polar surface area (TPSA) is 0 Å². The van der Waals surface area contributed by atoms with Crippen molar-refractivity contribution in [2.45, 2.75) is 48.5 Å². The van der Waals surface area contributed by atoms with Crippen molar-refractivity contribution in [3.05, 3.63) is 22.8 Å². The van der Waals surface area contributed by atoms with Gasteiger partial charge in [0.25, 0.3) is 0 Å². The molecule has 0 aliphatic heterocycles. The Labute approximate surface area is 123 Å². The molecule has 1 rings (SSSR count). The van der Waals surface area contributed by atoms with Crippen molar-refractivity contribution in [3.8, 4) is 0 Å². The Morgan fingerprint density at radius 1 is 0.933 bits per heavy atom. The van der Waals surface area contributed by atoms with Gasteiger partial charge in [-0.3, -0.25) is 6.08 Å². The van der Waals surface area contributed by atoms with Gasteiger partial charge in [-0.15, -0.1) is 31.7 Å². The summed E-state index contributed by atoms with van der Waals surface area (Å²) in [6.45, 7) is 14.9. The van der Waals surface area contributed by atoms with Gasteiger partial charge in [0.15, 0.2) is 0 Å². The molecular weight excluding hydrogens is 263 g/mol. The van der Waals surface area contributed by atoms with E-state index in [0.717, 1.165) is 0 Å². The van der Waals surface area contributed by atoms with Crippen LogP contribution in [0.5, 0.6) is 0 Å². The largest absolute Gasteiger partial charge is 0.263 e. The Morgan fingerprint density at radius 3 is 1.33 bits per heavy atom. The van der Waals surface area contributed by atoms with Gasteiger partial charge in [0.1, 0.15) is 0 Å². The summed E-state index contributed by atoms with van der Waals surface area (Å²) in [4.78, 5) is 0. The number of hydrogen-bond donors (Lipinski definition) is 0. The zero-order valence-electron chi connectivity index (χ0n) is 10.8. The van der Waals surface area contributed by atoms with Gasteiger partial charge < -0.3 is 0 Å². The van der Waals surface area contributed by atoms with Crippen molar-refractivity contribution >= 4 is 24.8 Å². The van der Waals surface area contributed by atoms with Crippen LogP contribution in [-0.4, -0.2) is 0 Å². The maximum Gasteiger partial charge on any atom is 0 e. The van der Waals surface area contributed by atoms with E-state index in [1.165, 1.54) is 16.7 Å². The van der Waals surface area contributed by atoms with E-state index in [1.807, 2.05) is 13.8 Å². The maximum atomic E-state index is 3.44. The molecule has 15 heavy (non-hydrogen) atoms. The molecule has 0 spiro atoms. The maximum absolute atomic E-state index is 3.44. The molecule has 0 heterocycles. The Morgan fingerprint density at radius 2 is 1.27 bits per heavy atom. The summed E-state index contributed by atoms with van der Waals surface area (Å²) in [5.74, 6) is 0. The Balaban J connectivity index is -0.000000114. The second kappa shape index (κ2) is 9.96. The van der Waals surface area contributed by atoms with E-state index >= 15 is 0 Å². The summed E-state index contributed by atoms with van der Waals surface area (Å²) in [5, 5.41) is 0. The molecule has 0 aromatic heterocycles. The minimum atomic E-state index is 0. The van der Waals surface area contributed by atoms with Crippen LogP contribution >= 0.6 is 24.8 Å². The van der Waals surface area contributed by atoms with E-state index < -0.39 is 0 Å². The summed E-state index contributed by atoms with van der Waals surface area (Å²) in [6, 6.07) is 0. The molecule has 0 N–H and O–H groups in total. The van der Waals surface area contributed by atoms with Crippen LogP contribution < -0.4 is 0 Å². The molecule has 0 saturated carbocycles. The molecule has 3 heteroatoms. The molecule has 0 atom stereocenters. The summed E-state index contributed by atoms with van der Waals surface area (Å²) < 4.78 is 0. The Hall–Kier alpha value is 0.774. The van der Waals surface area contributed by atoms with Crippen LogP contribution in [0.3, 0.4) is 0 Å². The molecule has 0 amide bonds. The van der Waals surface area contributed by atoms with E-state index in [2.05, 4.69) is 40.7 Å². The third kappa shape index (κ3) is 6.17. The summed E-state index contributed by atoms with van der Waals surface area (Å²) in [6.07, 6.45) is 3.44. The fourth-order valence-corrected chi connectivity index (χ4v) is 1.41. The van der Waals surface area contributed by atoms with E-state index in [-0.39, 0.29) is 51.9 Å². The predicted octanol–water partition coefficient (Wildman–Crippen LogP) is 4.98. The van der Waals surface area contributed by atoms with Gasteiger partial charge >= 0.3 is 0 Å². The molecular formula is C12H23Cl2Ti-. The second-order valence-electron chi connectivity index (χ2n) is 3.62. The molecule has 0 bridgehead atoms. The van der Waals surface area contributed by atoms with Gasteiger partial charge in [-0.2, -0.15) is 11.1 Å². The van der Waals surface area contributed by atoms with Crippen LogP contribution in [0.25, 0.3) is 0 Å². The zero-order chi connectivity index (χ0) is 9.94. The number of hydrogen-bond acceptors (Lipinski definition) is 0. The number of allylic oxidation sites excluding steroid dienone is 4. The molecule has 0 nitrogen and oxygen atoms in total. The summed E-state index contributed by atoms with van der Waals surface area (Å²) >= 11 is 0. The van der Waals surface area contributed by atoms with Crippen molar-refractivity contribution < 1.29 is 21.7 Å². The van der Waals surface area contributed by atoms with Crippen LogP contribution in [0.15, 0.2) is 16.7 Å². The SMILES string of the molecule is CC.CC1=[C-]C(C)(C)C(C)=C1C.Cl.Cl.[Ti]. The average molecular weight is 286 g/mol. The first-order valence-corrected chi connectivity index (χ1v) is 4.75. The fraction of sp³-hybridized carbons (Fsp3) is 0.667. The molecule has 0 aromatic carbocycles. The molecule has 0 saturated heterocycles.